The smallest absolute Gasteiger partial charge is 0.270 e. The number of carbonyl (C=O) groups excluding carboxylic acids is 1. The molecule has 2 aromatic carbocycles. The summed E-state index contributed by atoms with van der Waals surface area (Å²) in [6.45, 7) is 2.56. The van der Waals surface area contributed by atoms with Gasteiger partial charge in [-0.2, -0.15) is 0 Å². The van der Waals surface area contributed by atoms with Crippen molar-refractivity contribution in [2.24, 2.45) is 0 Å². The lowest BCUT2D eigenvalue weighted by molar-refractivity contribution is 0.0951. The summed E-state index contributed by atoms with van der Waals surface area (Å²) in [6.07, 6.45) is 0. The number of halogens is 3. The van der Waals surface area contributed by atoms with E-state index in [1.807, 2.05) is 6.92 Å². The lowest BCUT2D eigenvalue weighted by Crippen LogP contribution is -2.22. The van der Waals surface area contributed by atoms with Gasteiger partial charge in [0.1, 0.15) is 28.9 Å². The van der Waals surface area contributed by atoms with Crippen molar-refractivity contribution in [1.82, 2.24) is 10.3 Å². The molecule has 0 radical (unpaired) electrons. The van der Waals surface area contributed by atoms with Crippen molar-refractivity contribution >= 4 is 40.4 Å². The number of benzene rings is 2. The molecule has 0 fully saturated rings. The quantitative estimate of drug-likeness (QED) is 0.561. The highest BCUT2D eigenvalue weighted by atomic mass is 35.5. The van der Waals surface area contributed by atoms with Crippen molar-refractivity contribution in [3.05, 3.63) is 68.9 Å². The number of hydrogen-bond donors (Lipinski definition) is 1. The predicted octanol–water partition coefficient (Wildman–Crippen LogP) is 5.58. The second-order valence-corrected chi connectivity index (χ2v) is 7.25. The van der Waals surface area contributed by atoms with Gasteiger partial charge in [-0.1, -0.05) is 29.3 Å². The molecular formula is C19H15Cl2FN2O2S. The highest BCUT2D eigenvalue weighted by Crippen LogP contribution is 2.29. The lowest BCUT2D eigenvalue weighted by atomic mass is 10.2. The lowest BCUT2D eigenvalue weighted by Gasteiger charge is -2.08. The molecule has 0 aliphatic heterocycles. The van der Waals surface area contributed by atoms with Crippen LogP contribution in [-0.2, 0) is 6.61 Å². The molecule has 1 heterocycles. The van der Waals surface area contributed by atoms with Gasteiger partial charge in [-0.15, -0.1) is 11.3 Å². The molecule has 0 atom stereocenters. The van der Waals surface area contributed by atoms with Crippen LogP contribution in [0.25, 0.3) is 10.6 Å². The van der Waals surface area contributed by atoms with Crippen LogP contribution < -0.4 is 10.1 Å². The summed E-state index contributed by atoms with van der Waals surface area (Å²) in [5, 5.41) is 5.60. The van der Waals surface area contributed by atoms with E-state index in [0.29, 0.717) is 32.9 Å². The van der Waals surface area contributed by atoms with Crippen molar-refractivity contribution in [3.63, 3.8) is 0 Å². The first kappa shape index (κ1) is 19.6. The Bertz CT molecular complexity index is 978. The van der Waals surface area contributed by atoms with Crippen LogP contribution in [-0.4, -0.2) is 17.4 Å². The van der Waals surface area contributed by atoms with Crippen molar-refractivity contribution in [1.29, 1.82) is 0 Å². The van der Waals surface area contributed by atoms with Gasteiger partial charge >= 0.3 is 0 Å². The Kier molecular flexibility index (Phi) is 6.31. The van der Waals surface area contributed by atoms with Crippen molar-refractivity contribution in [2.75, 3.05) is 6.54 Å². The SMILES string of the molecule is CCNC(=O)c1csc(-c2ccc(OCc3ccc(Cl)c(Cl)c3)cc2F)n1. The molecule has 0 saturated carbocycles. The zero-order chi connectivity index (χ0) is 19.4. The number of aromatic nitrogens is 1. The Hall–Kier alpha value is -2.15. The molecule has 0 aliphatic rings. The predicted molar refractivity (Wildman–Crippen MR) is 106 cm³/mol. The number of ether oxygens (including phenoxy) is 1. The molecule has 1 amide bonds. The third kappa shape index (κ3) is 4.77. The fourth-order valence-electron chi connectivity index (χ4n) is 2.31. The maximum Gasteiger partial charge on any atom is 0.270 e. The minimum atomic E-state index is -0.474. The van der Waals surface area contributed by atoms with E-state index in [-0.39, 0.29) is 18.2 Å². The van der Waals surface area contributed by atoms with Crippen molar-refractivity contribution < 1.29 is 13.9 Å². The van der Waals surface area contributed by atoms with E-state index in [1.165, 1.54) is 17.4 Å². The van der Waals surface area contributed by atoms with Crippen LogP contribution in [0.2, 0.25) is 10.0 Å². The minimum absolute atomic E-state index is 0.230. The standard InChI is InChI=1S/C19H15Cl2FN2O2S/c1-2-23-18(25)17-10-27-19(24-17)13-5-4-12(8-16(13)22)26-9-11-3-6-14(20)15(21)7-11/h3-8,10H,2,9H2,1H3,(H,23,25). The first-order valence-corrected chi connectivity index (χ1v) is 9.72. The number of rotatable bonds is 6. The normalized spacial score (nSPS) is 10.7. The van der Waals surface area contributed by atoms with Gasteiger partial charge in [-0.25, -0.2) is 9.37 Å². The Morgan fingerprint density at radius 1 is 1.22 bits per heavy atom. The molecule has 3 aromatic rings. The average molecular weight is 425 g/mol. The third-order valence-electron chi connectivity index (χ3n) is 3.63. The fraction of sp³-hybridized carbons (Fsp3) is 0.158. The molecule has 0 bridgehead atoms. The molecule has 1 N–H and O–H groups in total. The highest BCUT2D eigenvalue weighted by Gasteiger charge is 2.14. The van der Waals surface area contributed by atoms with Crippen LogP contribution in [0.1, 0.15) is 23.0 Å². The van der Waals surface area contributed by atoms with E-state index >= 15 is 0 Å². The highest BCUT2D eigenvalue weighted by molar-refractivity contribution is 7.13. The number of thiazole rings is 1. The molecule has 0 aliphatic carbocycles. The first-order valence-electron chi connectivity index (χ1n) is 8.08. The number of carbonyl (C=O) groups is 1. The van der Waals surface area contributed by atoms with Crippen LogP contribution in [0.5, 0.6) is 5.75 Å². The Balaban J connectivity index is 1.72. The molecule has 140 valence electrons. The van der Waals surface area contributed by atoms with Crippen LogP contribution in [0, 0.1) is 5.82 Å². The summed E-state index contributed by atoms with van der Waals surface area (Å²) in [7, 11) is 0. The summed E-state index contributed by atoms with van der Waals surface area (Å²) < 4.78 is 20.1. The molecule has 0 saturated heterocycles. The number of hydrogen-bond acceptors (Lipinski definition) is 4. The molecular weight excluding hydrogens is 410 g/mol. The van der Waals surface area contributed by atoms with Gasteiger partial charge in [0.05, 0.1) is 10.0 Å². The monoisotopic (exact) mass is 424 g/mol. The van der Waals surface area contributed by atoms with Gasteiger partial charge in [0.25, 0.3) is 5.91 Å². The van der Waals surface area contributed by atoms with E-state index in [9.17, 15) is 9.18 Å². The Morgan fingerprint density at radius 2 is 2.04 bits per heavy atom. The molecule has 3 rings (SSSR count). The van der Waals surface area contributed by atoms with E-state index in [0.717, 1.165) is 5.56 Å². The van der Waals surface area contributed by atoms with E-state index in [1.54, 1.807) is 35.7 Å². The van der Waals surface area contributed by atoms with Gasteiger partial charge in [-0.3, -0.25) is 4.79 Å². The number of amides is 1. The van der Waals surface area contributed by atoms with Gasteiger partial charge < -0.3 is 10.1 Å². The summed E-state index contributed by atoms with van der Waals surface area (Å²) in [5.41, 5.74) is 1.41. The largest absolute Gasteiger partial charge is 0.489 e. The topological polar surface area (TPSA) is 51.2 Å². The number of nitrogens with zero attached hydrogens (tertiary/aromatic N) is 1. The fourth-order valence-corrected chi connectivity index (χ4v) is 3.46. The summed E-state index contributed by atoms with van der Waals surface area (Å²) in [6, 6.07) is 9.70. The Labute approximate surface area is 169 Å². The van der Waals surface area contributed by atoms with Gasteiger partial charge in [0, 0.05) is 23.6 Å². The van der Waals surface area contributed by atoms with E-state index < -0.39 is 5.82 Å². The third-order valence-corrected chi connectivity index (χ3v) is 5.25. The number of nitrogens with one attached hydrogen (secondary N) is 1. The molecule has 1 aromatic heterocycles. The minimum Gasteiger partial charge on any atom is -0.489 e. The average Bonchev–Trinajstić information content (AvgIpc) is 3.13. The first-order chi connectivity index (χ1) is 13.0. The van der Waals surface area contributed by atoms with Crippen LogP contribution >= 0.6 is 34.5 Å². The summed E-state index contributed by atoms with van der Waals surface area (Å²) in [5.74, 6) is -0.372. The van der Waals surface area contributed by atoms with Gasteiger partial charge in [-0.05, 0) is 36.8 Å². The Morgan fingerprint density at radius 3 is 2.74 bits per heavy atom. The molecule has 0 unspecified atom stereocenters. The van der Waals surface area contributed by atoms with Crippen LogP contribution in [0.4, 0.5) is 4.39 Å². The van der Waals surface area contributed by atoms with E-state index in [4.69, 9.17) is 27.9 Å². The molecule has 8 heteroatoms. The van der Waals surface area contributed by atoms with Crippen LogP contribution in [0.3, 0.4) is 0 Å². The summed E-state index contributed by atoms with van der Waals surface area (Å²) in [4.78, 5) is 16.0. The van der Waals surface area contributed by atoms with Crippen molar-refractivity contribution in [3.8, 4) is 16.3 Å². The molecule has 0 spiro atoms. The second kappa shape index (κ2) is 8.69. The second-order valence-electron chi connectivity index (χ2n) is 5.58. The van der Waals surface area contributed by atoms with Gasteiger partial charge in [0.2, 0.25) is 0 Å². The van der Waals surface area contributed by atoms with Crippen LogP contribution in [0.15, 0.2) is 41.8 Å². The molecule has 4 nitrogen and oxygen atoms in total. The molecule has 27 heavy (non-hydrogen) atoms. The maximum atomic E-state index is 14.5. The zero-order valence-electron chi connectivity index (χ0n) is 14.3. The maximum absolute atomic E-state index is 14.5. The summed E-state index contributed by atoms with van der Waals surface area (Å²) >= 11 is 13.1. The zero-order valence-corrected chi connectivity index (χ0v) is 16.6. The van der Waals surface area contributed by atoms with E-state index in [2.05, 4.69) is 10.3 Å². The van der Waals surface area contributed by atoms with Crippen molar-refractivity contribution in [2.45, 2.75) is 13.5 Å². The van der Waals surface area contributed by atoms with Gasteiger partial charge in [0.15, 0.2) is 0 Å².